The molecule has 2 unspecified atom stereocenters. The monoisotopic (exact) mass is 365 g/mol. The van der Waals surface area contributed by atoms with Gasteiger partial charge in [-0.05, 0) is 43.7 Å². The first kappa shape index (κ1) is 17.1. The van der Waals surface area contributed by atoms with E-state index in [1.165, 1.54) is 12.8 Å². The molecule has 2 heterocycles. The third-order valence-electron chi connectivity index (χ3n) is 5.31. The number of halogens is 3. The lowest BCUT2D eigenvalue weighted by atomic mass is 9.91. The van der Waals surface area contributed by atoms with Gasteiger partial charge in [0, 0.05) is 23.7 Å². The van der Waals surface area contributed by atoms with E-state index in [0.29, 0.717) is 23.1 Å². The molecule has 0 radical (unpaired) electrons. The second-order valence-electron chi connectivity index (χ2n) is 6.90. The van der Waals surface area contributed by atoms with Crippen molar-refractivity contribution in [2.75, 3.05) is 6.54 Å². The molecule has 1 aromatic heterocycles. The van der Waals surface area contributed by atoms with Crippen LogP contribution in [0.15, 0.2) is 28.8 Å². The van der Waals surface area contributed by atoms with E-state index in [2.05, 4.69) is 14.7 Å². The van der Waals surface area contributed by atoms with Crippen LogP contribution in [0.1, 0.15) is 48.4 Å². The second-order valence-corrected chi connectivity index (χ2v) is 6.90. The highest BCUT2D eigenvalue weighted by Crippen LogP contribution is 2.37. The molecule has 2 aliphatic rings. The molecule has 0 bridgehead atoms. The van der Waals surface area contributed by atoms with Gasteiger partial charge in [0.05, 0.1) is 0 Å². The first-order chi connectivity index (χ1) is 12.4. The van der Waals surface area contributed by atoms with Gasteiger partial charge in [-0.1, -0.05) is 23.7 Å². The van der Waals surface area contributed by atoms with Crippen LogP contribution < -0.4 is 0 Å². The van der Waals surface area contributed by atoms with Gasteiger partial charge >= 0.3 is 12.1 Å². The zero-order chi connectivity index (χ0) is 18.3. The summed E-state index contributed by atoms with van der Waals surface area (Å²) in [5.41, 5.74) is 0.902. The van der Waals surface area contributed by atoms with Crippen LogP contribution in [0.2, 0.25) is 0 Å². The summed E-state index contributed by atoms with van der Waals surface area (Å²) in [5.74, 6) is -0.942. The first-order valence-corrected chi connectivity index (χ1v) is 8.76. The number of nitrogens with zero attached hydrogens (tertiary/aromatic N) is 3. The summed E-state index contributed by atoms with van der Waals surface area (Å²) < 4.78 is 41.9. The van der Waals surface area contributed by atoms with Crippen LogP contribution in [0.5, 0.6) is 0 Å². The van der Waals surface area contributed by atoms with Gasteiger partial charge in [-0.15, -0.1) is 0 Å². The summed E-state index contributed by atoms with van der Waals surface area (Å²) in [4.78, 5) is 18.2. The van der Waals surface area contributed by atoms with Gasteiger partial charge in [0.15, 0.2) is 0 Å². The summed E-state index contributed by atoms with van der Waals surface area (Å²) >= 11 is 0. The van der Waals surface area contributed by atoms with E-state index in [-0.39, 0.29) is 11.7 Å². The zero-order valence-corrected chi connectivity index (χ0v) is 14.0. The number of aromatic nitrogens is 2. The van der Waals surface area contributed by atoms with E-state index < -0.39 is 12.1 Å². The Kier molecular flexibility index (Phi) is 4.20. The number of piperidine rings is 1. The van der Waals surface area contributed by atoms with E-state index in [9.17, 15) is 18.0 Å². The largest absolute Gasteiger partial charge is 0.471 e. The molecule has 1 aliphatic carbocycles. The maximum atomic E-state index is 12.9. The Hall–Kier alpha value is -2.38. The average Bonchev–Trinajstić information content (AvgIpc) is 3.30. The molecule has 5 nitrogen and oxygen atoms in total. The fourth-order valence-corrected chi connectivity index (χ4v) is 4.09. The third-order valence-corrected chi connectivity index (χ3v) is 5.31. The van der Waals surface area contributed by atoms with Crippen LogP contribution in [0.3, 0.4) is 0 Å². The van der Waals surface area contributed by atoms with Crippen LogP contribution in [-0.2, 0) is 6.18 Å². The van der Waals surface area contributed by atoms with E-state index in [1.807, 2.05) is 4.90 Å². The van der Waals surface area contributed by atoms with Crippen LogP contribution in [0.25, 0.3) is 11.4 Å². The molecular weight excluding hydrogens is 347 g/mol. The van der Waals surface area contributed by atoms with E-state index in [0.717, 1.165) is 25.8 Å². The number of hydrogen-bond donors (Lipinski definition) is 0. The lowest BCUT2D eigenvalue weighted by Gasteiger charge is -2.37. The van der Waals surface area contributed by atoms with Crippen molar-refractivity contribution in [3.05, 3.63) is 35.7 Å². The molecule has 138 valence electrons. The minimum Gasteiger partial charge on any atom is -0.335 e. The Labute approximate surface area is 148 Å². The van der Waals surface area contributed by atoms with Gasteiger partial charge in [-0.2, -0.15) is 18.2 Å². The Morgan fingerprint density at radius 2 is 1.85 bits per heavy atom. The van der Waals surface area contributed by atoms with Gasteiger partial charge in [0.25, 0.3) is 5.91 Å². The topological polar surface area (TPSA) is 59.2 Å². The van der Waals surface area contributed by atoms with E-state index >= 15 is 0 Å². The maximum absolute atomic E-state index is 12.9. The summed E-state index contributed by atoms with van der Waals surface area (Å²) in [6.07, 6.45) is 0.940. The summed E-state index contributed by atoms with van der Waals surface area (Å²) in [7, 11) is 0. The zero-order valence-electron chi connectivity index (χ0n) is 14.0. The Balaban J connectivity index is 1.52. The number of rotatable bonds is 2. The predicted octanol–water partition coefficient (Wildman–Crippen LogP) is 4.16. The van der Waals surface area contributed by atoms with Gasteiger partial charge < -0.3 is 9.42 Å². The number of carbonyl (C=O) groups is 1. The lowest BCUT2D eigenvalue weighted by Crippen LogP contribution is -2.46. The highest BCUT2D eigenvalue weighted by Gasteiger charge is 2.39. The summed E-state index contributed by atoms with van der Waals surface area (Å²) in [5, 5.41) is 3.36. The van der Waals surface area contributed by atoms with Crippen molar-refractivity contribution in [1.82, 2.24) is 15.0 Å². The number of benzene rings is 1. The van der Waals surface area contributed by atoms with Crippen molar-refractivity contribution in [1.29, 1.82) is 0 Å². The highest BCUT2D eigenvalue weighted by molar-refractivity contribution is 5.95. The molecule has 2 aromatic rings. The average molecular weight is 365 g/mol. The minimum atomic E-state index is -4.67. The molecule has 4 rings (SSSR count). The van der Waals surface area contributed by atoms with Crippen molar-refractivity contribution in [2.24, 2.45) is 5.92 Å². The standard InChI is InChI=1S/C18H18F3N3O2/c19-18(20,21)17-22-15(23-26-17)12-6-8-13(9-7-12)16(25)24-10-2-4-11-3-1-5-14(11)24/h6-9,11,14H,1-5,10H2. The van der Waals surface area contributed by atoms with Crippen molar-refractivity contribution in [3.8, 4) is 11.4 Å². The number of carbonyl (C=O) groups excluding carboxylic acids is 1. The highest BCUT2D eigenvalue weighted by atomic mass is 19.4. The molecule has 1 saturated heterocycles. The molecule has 1 aliphatic heterocycles. The molecule has 0 spiro atoms. The quantitative estimate of drug-likeness (QED) is 0.802. The van der Waals surface area contributed by atoms with Gasteiger partial charge in [0.2, 0.25) is 5.82 Å². The van der Waals surface area contributed by atoms with Crippen molar-refractivity contribution < 1.29 is 22.5 Å². The molecule has 1 amide bonds. The molecule has 8 heteroatoms. The SMILES string of the molecule is O=C(c1ccc(-c2noc(C(F)(F)F)n2)cc1)N1CCCC2CCCC21. The first-order valence-electron chi connectivity index (χ1n) is 8.76. The van der Waals surface area contributed by atoms with Crippen LogP contribution in [0.4, 0.5) is 13.2 Å². The predicted molar refractivity (Wildman–Crippen MR) is 86.1 cm³/mol. The molecule has 26 heavy (non-hydrogen) atoms. The molecule has 1 aromatic carbocycles. The maximum Gasteiger partial charge on any atom is 0.471 e. The van der Waals surface area contributed by atoms with Crippen molar-refractivity contribution in [2.45, 2.75) is 44.3 Å². The summed E-state index contributed by atoms with van der Waals surface area (Å²) in [6.45, 7) is 0.765. The van der Waals surface area contributed by atoms with Gasteiger partial charge in [-0.25, -0.2) is 0 Å². The third kappa shape index (κ3) is 3.08. The fourth-order valence-electron chi connectivity index (χ4n) is 4.09. The molecule has 1 saturated carbocycles. The van der Waals surface area contributed by atoms with Crippen LogP contribution in [-0.4, -0.2) is 33.5 Å². The number of alkyl halides is 3. The van der Waals surface area contributed by atoms with Gasteiger partial charge in [0.1, 0.15) is 0 Å². The molecular formula is C18H18F3N3O2. The molecule has 2 atom stereocenters. The Morgan fingerprint density at radius 1 is 1.12 bits per heavy atom. The molecule has 2 fully saturated rings. The summed E-state index contributed by atoms with van der Waals surface area (Å²) in [6, 6.07) is 6.64. The number of likely N-dealkylation sites (tertiary alicyclic amines) is 1. The van der Waals surface area contributed by atoms with Crippen LogP contribution in [0, 0.1) is 5.92 Å². The van der Waals surface area contributed by atoms with Crippen LogP contribution >= 0.6 is 0 Å². The number of fused-ring (bicyclic) bond motifs is 1. The smallest absolute Gasteiger partial charge is 0.335 e. The van der Waals surface area contributed by atoms with Crippen molar-refractivity contribution in [3.63, 3.8) is 0 Å². The number of amides is 1. The Bertz CT molecular complexity index is 801. The second kappa shape index (κ2) is 6.41. The van der Waals surface area contributed by atoms with Crippen molar-refractivity contribution >= 4 is 5.91 Å². The fraction of sp³-hybridized carbons (Fsp3) is 0.500. The molecule has 0 N–H and O–H groups in total. The van der Waals surface area contributed by atoms with Gasteiger partial charge in [-0.3, -0.25) is 4.79 Å². The van der Waals surface area contributed by atoms with E-state index in [1.54, 1.807) is 24.3 Å². The minimum absolute atomic E-state index is 0.0164. The lowest BCUT2D eigenvalue weighted by molar-refractivity contribution is -0.159. The van der Waals surface area contributed by atoms with E-state index in [4.69, 9.17) is 0 Å². The normalized spacial score (nSPS) is 23.1. The Morgan fingerprint density at radius 3 is 2.54 bits per heavy atom. The number of hydrogen-bond acceptors (Lipinski definition) is 4.